The van der Waals surface area contributed by atoms with E-state index in [-0.39, 0.29) is 0 Å². The van der Waals surface area contributed by atoms with Gasteiger partial charge in [-0.3, -0.25) is 0 Å². The van der Waals surface area contributed by atoms with Crippen LogP contribution in [0, 0.1) is 18.3 Å². The first-order valence-corrected chi connectivity index (χ1v) is 3.28. The summed E-state index contributed by atoms with van der Waals surface area (Å²) < 4.78 is 5.19. The third kappa shape index (κ3) is 7.52. The third-order valence-corrected chi connectivity index (χ3v) is 0.842. The van der Waals surface area contributed by atoms with Gasteiger partial charge in [-0.05, 0) is 5.92 Å². The summed E-state index contributed by atoms with van der Waals surface area (Å²) in [7, 11) is 0. The SMILES string of the molecule is C#CCCOCC(C)C. The Kier molecular flexibility index (Phi) is 5.35. The molecular weight excluding hydrogens is 112 g/mol. The van der Waals surface area contributed by atoms with E-state index in [1.807, 2.05) is 0 Å². The van der Waals surface area contributed by atoms with E-state index in [0.717, 1.165) is 13.0 Å². The molecule has 0 aliphatic carbocycles. The number of ether oxygens (including phenoxy) is 1. The first kappa shape index (κ1) is 8.52. The largest absolute Gasteiger partial charge is 0.380 e. The normalized spacial score (nSPS) is 9.56. The number of terminal acetylenes is 1. The molecule has 0 unspecified atom stereocenters. The molecule has 0 fully saturated rings. The molecule has 1 nitrogen and oxygen atoms in total. The van der Waals surface area contributed by atoms with E-state index in [1.165, 1.54) is 0 Å². The van der Waals surface area contributed by atoms with E-state index in [9.17, 15) is 0 Å². The van der Waals surface area contributed by atoms with E-state index in [1.54, 1.807) is 0 Å². The van der Waals surface area contributed by atoms with Crippen LogP contribution in [0.5, 0.6) is 0 Å². The predicted molar refractivity (Wildman–Crippen MR) is 39.1 cm³/mol. The molecule has 0 atom stereocenters. The average molecular weight is 126 g/mol. The summed E-state index contributed by atoms with van der Waals surface area (Å²) in [5.41, 5.74) is 0. The summed E-state index contributed by atoms with van der Waals surface area (Å²) in [5.74, 6) is 3.13. The van der Waals surface area contributed by atoms with Gasteiger partial charge in [-0.1, -0.05) is 13.8 Å². The Morgan fingerprint density at radius 2 is 2.22 bits per heavy atom. The van der Waals surface area contributed by atoms with Crippen molar-refractivity contribution >= 4 is 0 Å². The number of hydrogen-bond donors (Lipinski definition) is 0. The fraction of sp³-hybridized carbons (Fsp3) is 0.750. The van der Waals surface area contributed by atoms with Gasteiger partial charge in [0.1, 0.15) is 0 Å². The highest BCUT2D eigenvalue weighted by molar-refractivity contribution is 4.82. The molecule has 0 bridgehead atoms. The zero-order valence-corrected chi connectivity index (χ0v) is 6.18. The monoisotopic (exact) mass is 126 g/mol. The van der Waals surface area contributed by atoms with Crippen LogP contribution in [0.25, 0.3) is 0 Å². The molecule has 0 radical (unpaired) electrons. The Bertz CT molecular complexity index is 89.2. The van der Waals surface area contributed by atoms with Crippen molar-refractivity contribution in [3.63, 3.8) is 0 Å². The van der Waals surface area contributed by atoms with E-state index in [2.05, 4.69) is 19.8 Å². The van der Waals surface area contributed by atoms with Crippen LogP contribution < -0.4 is 0 Å². The molecule has 0 N–H and O–H groups in total. The van der Waals surface area contributed by atoms with Crippen LogP contribution in [0.15, 0.2) is 0 Å². The minimum atomic E-state index is 0.614. The van der Waals surface area contributed by atoms with Crippen molar-refractivity contribution < 1.29 is 4.74 Å². The van der Waals surface area contributed by atoms with Crippen molar-refractivity contribution in [3.8, 4) is 12.3 Å². The van der Waals surface area contributed by atoms with E-state index in [4.69, 9.17) is 11.2 Å². The van der Waals surface area contributed by atoms with Crippen LogP contribution in [0.1, 0.15) is 20.3 Å². The summed E-state index contributed by atoms with van der Waals surface area (Å²) in [5, 5.41) is 0. The molecule has 0 aliphatic heterocycles. The molecule has 0 aromatic rings. The van der Waals surface area contributed by atoms with Crippen LogP contribution in [0.2, 0.25) is 0 Å². The lowest BCUT2D eigenvalue weighted by Crippen LogP contribution is -2.02. The molecule has 0 amide bonds. The summed E-state index contributed by atoms with van der Waals surface area (Å²) in [6.45, 7) is 5.77. The number of hydrogen-bond acceptors (Lipinski definition) is 1. The smallest absolute Gasteiger partial charge is 0.0575 e. The van der Waals surface area contributed by atoms with Crippen LogP contribution in [0.4, 0.5) is 0 Å². The quantitative estimate of drug-likeness (QED) is 0.411. The van der Waals surface area contributed by atoms with Crippen LogP contribution >= 0.6 is 0 Å². The van der Waals surface area contributed by atoms with Gasteiger partial charge < -0.3 is 4.74 Å². The van der Waals surface area contributed by atoms with Crippen molar-refractivity contribution in [2.75, 3.05) is 13.2 Å². The Labute approximate surface area is 57.4 Å². The summed E-state index contributed by atoms with van der Waals surface area (Å²) in [6, 6.07) is 0. The maximum atomic E-state index is 5.19. The van der Waals surface area contributed by atoms with Crippen molar-refractivity contribution in [2.45, 2.75) is 20.3 Å². The Morgan fingerprint density at radius 1 is 1.56 bits per heavy atom. The predicted octanol–water partition coefficient (Wildman–Crippen LogP) is 1.68. The fourth-order valence-corrected chi connectivity index (χ4v) is 0.450. The van der Waals surface area contributed by atoms with Gasteiger partial charge in [0.2, 0.25) is 0 Å². The van der Waals surface area contributed by atoms with Gasteiger partial charge in [0.05, 0.1) is 6.61 Å². The molecule has 1 heteroatoms. The molecule has 0 saturated heterocycles. The fourth-order valence-electron chi connectivity index (χ4n) is 0.450. The molecule has 52 valence electrons. The van der Waals surface area contributed by atoms with E-state index >= 15 is 0 Å². The van der Waals surface area contributed by atoms with E-state index < -0.39 is 0 Å². The van der Waals surface area contributed by atoms with Crippen molar-refractivity contribution in [1.82, 2.24) is 0 Å². The van der Waals surface area contributed by atoms with Crippen molar-refractivity contribution in [3.05, 3.63) is 0 Å². The van der Waals surface area contributed by atoms with Gasteiger partial charge in [-0.25, -0.2) is 0 Å². The lowest BCUT2D eigenvalue weighted by molar-refractivity contribution is 0.115. The zero-order valence-electron chi connectivity index (χ0n) is 6.18. The lowest BCUT2D eigenvalue weighted by Gasteiger charge is -2.03. The minimum absolute atomic E-state index is 0.614. The molecule has 0 saturated carbocycles. The summed E-state index contributed by atoms with van der Waals surface area (Å²) in [4.78, 5) is 0. The molecule has 0 aliphatic rings. The third-order valence-electron chi connectivity index (χ3n) is 0.842. The van der Waals surface area contributed by atoms with Gasteiger partial charge in [-0.15, -0.1) is 12.3 Å². The molecule has 0 aromatic heterocycles. The first-order valence-electron chi connectivity index (χ1n) is 3.28. The van der Waals surface area contributed by atoms with Gasteiger partial charge in [0, 0.05) is 13.0 Å². The summed E-state index contributed by atoms with van der Waals surface area (Å²) >= 11 is 0. The Balaban J connectivity index is 2.85. The highest BCUT2D eigenvalue weighted by Crippen LogP contribution is 1.92. The topological polar surface area (TPSA) is 9.23 Å². The van der Waals surface area contributed by atoms with Crippen LogP contribution in [-0.4, -0.2) is 13.2 Å². The second-order valence-electron chi connectivity index (χ2n) is 2.42. The number of rotatable bonds is 4. The van der Waals surface area contributed by atoms with Crippen LogP contribution in [0.3, 0.4) is 0 Å². The molecule has 0 aromatic carbocycles. The second-order valence-corrected chi connectivity index (χ2v) is 2.42. The molecule has 0 spiro atoms. The van der Waals surface area contributed by atoms with Gasteiger partial charge in [-0.2, -0.15) is 0 Å². The van der Waals surface area contributed by atoms with Crippen molar-refractivity contribution in [2.24, 2.45) is 5.92 Å². The van der Waals surface area contributed by atoms with Gasteiger partial charge in [0.15, 0.2) is 0 Å². The molecular formula is C8H14O. The molecule has 0 rings (SSSR count). The Morgan fingerprint density at radius 3 is 2.67 bits per heavy atom. The van der Waals surface area contributed by atoms with Crippen molar-refractivity contribution in [1.29, 1.82) is 0 Å². The van der Waals surface area contributed by atoms with Gasteiger partial charge in [0.25, 0.3) is 0 Å². The second kappa shape index (κ2) is 5.65. The maximum Gasteiger partial charge on any atom is 0.0575 e. The maximum absolute atomic E-state index is 5.19. The highest BCUT2D eigenvalue weighted by atomic mass is 16.5. The zero-order chi connectivity index (χ0) is 7.11. The van der Waals surface area contributed by atoms with Gasteiger partial charge >= 0.3 is 0 Å². The van der Waals surface area contributed by atoms with Crippen LogP contribution in [-0.2, 0) is 4.74 Å². The lowest BCUT2D eigenvalue weighted by atomic mass is 10.2. The average Bonchev–Trinajstić information content (AvgIpc) is 1.80. The highest BCUT2D eigenvalue weighted by Gasteiger charge is 1.90. The summed E-state index contributed by atoms with van der Waals surface area (Å²) in [6.07, 6.45) is 5.74. The van der Waals surface area contributed by atoms with E-state index in [0.29, 0.717) is 12.5 Å². The minimum Gasteiger partial charge on any atom is -0.380 e. The standard InChI is InChI=1S/C8H14O/c1-4-5-6-9-7-8(2)3/h1,8H,5-7H2,2-3H3. The Hall–Kier alpha value is -0.480. The first-order chi connectivity index (χ1) is 4.27. The molecule has 0 heterocycles. The molecule has 9 heavy (non-hydrogen) atoms.